The molecular weight excluding hydrogens is 128 g/mol. The number of ether oxygens (including phenoxy) is 1. The van der Waals surface area contributed by atoms with Crippen LogP contribution in [0.1, 0.15) is 26.2 Å². The molecule has 0 aliphatic rings. The van der Waals surface area contributed by atoms with E-state index in [1.807, 2.05) is 0 Å². The molecule has 0 aromatic rings. The number of hydrogen-bond acceptors (Lipinski definition) is 2. The van der Waals surface area contributed by atoms with E-state index in [2.05, 4.69) is 18.6 Å². The summed E-state index contributed by atoms with van der Waals surface area (Å²) in [5, 5.41) is 0. The number of carbonyl (C=O) groups excluding carboxylic acids is 1. The lowest BCUT2D eigenvalue weighted by Gasteiger charge is -2.05. The van der Waals surface area contributed by atoms with Crippen LogP contribution in [0.5, 0.6) is 0 Å². The van der Waals surface area contributed by atoms with Crippen molar-refractivity contribution < 1.29 is 9.53 Å². The van der Waals surface area contributed by atoms with Crippen LogP contribution in [0, 0.1) is 12.8 Å². The van der Waals surface area contributed by atoms with Crippen LogP contribution < -0.4 is 0 Å². The monoisotopic (exact) mass is 143 g/mol. The van der Waals surface area contributed by atoms with Crippen molar-refractivity contribution in [3.8, 4) is 0 Å². The molecule has 10 heavy (non-hydrogen) atoms. The molecule has 59 valence electrons. The zero-order valence-electron chi connectivity index (χ0n) is 6.72. The predicted molar refractivity (Wildman–Crippen MR) is 40.4 cm³/mol. The van der Waals surface area contributed by atoms with Crippen LogP contribution >= 0.6 is 0 Å². The number of carbonyl (C=O) groups is 1. The molecule has 0 rings (SSSR count). The largest absolute Gasteiger partial charge is 0.469 e. The molecule has 0 saturated carbocycles. The van der Waals surface area contributed by atoms with Crippen LogP contribution in [0.15, 0.2) is 0 Å². The molecule has 0 aliphatic heterocycles. The van der Waals surface area contributed by atoms with Crippen LogP contribution in [0.3, 0.4) is 0 Å². The molecule has 0 bridgehead atoms. The van der Waals surface area contributed by atoms with E-state index in [-0.39, 0.29) is 5.97 Å². The zero-order valence-corrected chi connectivity index (χ0v) is 6.72. The smallest absolute Gasteiger partial charge is 0.305 e. The van der Waals surface area contributed by atoms with Gasteiger partial charge in [0.1, 0.15) is 0 Å². The maximum atomic E-state index is 10.6. The molecule has 2 nitrogen and oxygen atoms in total. The fraction of sp³-hybridized carbons (Fsp3) is 0.750. The standard InChI is InChI=1S/C8H15O2/c1-4-7(2)5-6-8(9)10-3/h7H,1,4-6H2,2-3H3. The minimum Gasteiger partial charge on any atom is -0.469 e. The highest BCUT2D eigenvalue weighted by Gasteiger charge is 2.03. The highest BCUT2D eigenvalue weighted by atomic mass is 16.5. The summed E-state index contributed by atoms with van der Waals surface area (Å²) in [6.45, 7) is 5.82. The van der Waals surface area contributed by atoms with Gasteiger partial charge in [0.25, 0.3) is 0 Å². The third-order valence-electron chi connectivity index (χ3n) is 1.56. The van der Waals surface area contributed by atoms with Crippen molar-refractivity contribution in [3.63, 3.8) is 0 Å². The molecule has 0 N–H and O–H groups in total. The fourth-order valence-electron chi connectivity index (χ4n) is 0.611. The quantitative estimate of drug-likeness (QED) is 0.561. The Kier molecular flexibility index (Phi) is 4.99. The summed E-state index contributed by atoms with van der Waals surface area (Å²) >= 11 is 0. The summed E-state index contributed by atoms with van der Waals surface area (Å²) in [5.41, 5.74) is 0. The first-order valence-electron chi connectivity index (χ1n) is 3.56. The van der Waals surface area contributed by atoms with E-state index in [0.717, 1.165) is 12.8 Å². The third-order valence-corrected chi connectivity index (χ3v) is 1.56. The second-order valence-electron chi connectivity index (χ2n) is 2.51. The van der Waals surface area contributed by atoms with Gasteiger partial charge in [-0.15, -0.1) is 0 Å². The van der Waals surface area contributed by atoms with Gasteiger partial charge in [-0.25, -0.2) is 0 Å². The van der Waals surface area contributed by atoms with Gasteiger partial charge < -0.3 is 4.74 Å². The van der Waals surface area contributed by atoms with Crippen molar-refractivity contribution in [2.75, 3.05) is 7.11 Å². The van der Waals surface area contributed by atoms with Crippen molar-refractivity contribution in [1.29, 1.82) is 0 Å². The molecule has 2 heteroatoms. The Bertz CT molecular complexity index is 99.4. The number of esters is 1. The fourth-order valence-corrected chi connectivity index (χ4v) is 0.611. The molecule has 0 saturated heterocycles. The van der Waals surface area contributed by atoms with Crippen molar-refractivity contribution in [3.05, 3.63) is 6.92 Å². The summed E-state index contributed by atoms with van der Waals surface area (Å²) in [7, 11) is 1.41. The van der Waals surface area contributed by atoms with E-state index in [4.69, 9.17) is 0 Å². The average molecular weight is 143 g/mol. The molecular formula is C8H15O2. The molecule has 1 radical (unpaired) electrons. The van der Waals surface area contributed by atoms with Crippen molar-refractivity contribution in [2.45, 2.75) is 26.2 Å². The molecule has 0 amide bonds. The van der Waals surface area contributed by atoms with E-state index >= 15 is 0 Å². The van der Waals surface area contributed by atoms with Gasteiger partial charge >= 0.3 is 5.97 Å². The Balaban J connectivity index is 3.26. The number of methoxy groups -OCH3 is 1. The lowest BCUT2D eigenvalue weighted by atomic mass is 10.0. The minimum atomic E-state index is -0.125. The second-order valence-corrected chi connectivity index (χ2v) is 2.51. The predicted octanol–water partition coefficient (Wildman–Crippen LogP) is 1.80. The summed E-state index contributed by atoms with van der Waals surface area (Å²) < 4.78 is 4.49. The van der Waals surface area contributed by atoms with Gasteiger partial charge in [0, 0.05) is 6.42 Å². The number of hydrogen-bond donors (Lipinski definition) is 0. The highest BCUT2D eigenvalue weighted by molar-refractivity contribution is 5.69. The van der Waals surface area contributed by atoms with Gasteiger partial charge in [-0.2, -0.15) is 0 Å². The van der Waals surface area contributed by atoms with E-state index in [0.29, 0.717) is 12.3 Å². The lowest BCUT2D eigenvalue weighted by Crippen LogP contribution is -2.03. The Morgan fingerprint density at radius 1 is 1.70 bits per heavy atom. The van der Waals surface area contributed by atoms with Gasteiger partial charge in [-0.05, 0) is 12.3 Å². The van der Waals surface area contributed by atoms with Gasteiger partial charge in [-0.1, -0.05) is 20.3 Å². The molecule has 0 aromatic heterocycles. The summed E-state index contributed by atoms with van der Waals surface area (Å²) in [6, 6.07) is 0. The van der Waals surface area contributed by atoms with Gasteiger partial charge in [-0.3, -0.25) is 4.79 Å². The Morgan fingerprint density at radius 2 is 2.30 bits per heavy atom. The summed E-state index contributed by atoms with van der Waals surface area (Å²) in [6.07, 6.45) is 2.29. The summed E-state index contributed by atoms with van der Waals surface area (Å²) in [4.78, 5) is 10.6. The Hall–Kier alpha value is -0.530. The Morgan fingerprint density at radius 3 is 2.70 bits per heavy atom. The molecule has 1 unspecified atom stereocenters. The molecule has 1 atom stereocenters. The van der Waals surface area contributed by atoms with Crippen molar-refractivity contribution >= 4 is 5.97 Å². The first kappa shape index (κ1) is 9.47. The maximum absolute atomic E-state index is 10.6. The van der Waals surface area contributed by atoms with Crippen LogP contribution in [0.25, 0.3) is 0 Å². The first-order chi connectivity index (χ1) is 4.70. The molecule has 0 heterocycles. The maximum Gasteiger partial charge on any atom is 0.305 e. The normalized spacial score (nSPS) is 12.7. The molecule has 0 aromatic carbocycles. The third kappa shape index (κ3) is 4.36. The van der Waals surface area contributed by atoms with Crippen molar-refractivity contribution in [2.24, 2.45) is 5.92 Å². The topological polar surface area (TPSA) is 26.3 Å². The first-order valence-corrected chi connectivity index (χ1v) is 3.56. The Labute approximate surface area is 62.6 Å². The molecule has 0 fully saturated rings. The minimum absolute atomic E-state index is 0.125. The van der Waals surface area contributed by atoms with E-state index in [1.54, 1.807) is 0 Å². The summed E-state index contributed by atoms with van der Waals surface area (Å²) in [5.74, 6) is 0.402. The second kappa shape index (κ2) is 5.27. The molecule has 0 spiro atoms. The van der Waals surface area contributed by atoms with Crippen molar-refractivity contribution in [1.82, 2.24) is 0 Å². The SMILES string of the molecule is [CH2]CC(C)CCC(=O)OC. The lowest BCUT2D eigenvalue weighted by molar-refractivity contribution is -0.140. The number of rotatable bonds is 4. The van der Waals surface area contributed by atoms with E-state index in [1.165, 1.54) is 7.11 Å². The van der Waals surface area contributed by atoms with Gasteiger partial charge in [0.15, 0.2) is 0 Å². The zero-order chi connectivity index (χ0) is 7.98. The van der Waals surface area contributed by atoms with Crippen LogP contribution in [-0.2, 0) is 9.53 Å². The van der Waals surface area contributed by atoms with Gasteiger partial charge in [0.2, 0.25) is 0 Å². The highest BCUT2D eigenvalue weighted by Crippen LogP contribution is 2.08. The molecule has 0 aliphatic carbocycles. The average Bonchev–Trinajstić information content (AvgIpc) is 1.99. The van der Waals surface area contributed by atoms with E-state index < -0.39 is 0 Å². The van der Waals surface area contributed by atoms with Crippen LogP contribution in [-0.4, -0.2) is 13.1 Å². The van der Waals surface area contributed by atoms with E-state index in [9.17, 15) is 4.79 Å². The van der Waals surface area contributed by atoms with Crippen LogP contribution in [0.4, 0.5) is 0 Å². The van der Waals surface area contributed by atoms with Crippen LogP contribution in [0.2, 0.25) is 0 Å². The van der Waals surface area contributed by atoms with Gasteiger partial charge in [0.05, 0.1) is 7.11 Å².